The molecule has 0 atom stereocenters. The second-order valence-corrected chi connectivity index (χ2v) is 3.99. The van der Waals surface area contributed by atoms with E-state index in [1.807, 2.05) is 18.2 Å². The number of ether oxygens (including phenoxy) is 2. The van der Waals surface area contributed by atoms with Gasteiger partial charge in [-0.3, -0.25) is 0 Å². The molecule has 3 heteroatoms. The highest BCUT2D eigenvalue weighted by atomic mass is 16.5. The van der Waals surface area contributed by atoms with E-state index in [2.05, 4.69) is 13.8 Å². The number of anilines is 1. The van der Waals surface area contributed by atoms with E-state index < -0.39 is 0 Å². The van der Waals surface area contributed by atoms with Crippen LogP contribution in [0.1, 0.15) is 19.4 Å². The molecule has 0 radical (unpaired) electrons. The average Bonchev–Trinajstić information content (AvgIpc) is 2.17. The Kier molecular flexibility index (Phi) is 4.43. The van der Waals surface area contributed by atoms with Crippen LogP contribution in [0.2, 0.25) is 0 Å². The molecule has 0 aliphatic heterocycles. The summed E-state index contributed by atoms with van der Waals surface area (Å²) in [6, 6.07) is 5.72. The summed E-state index contributed by atoms with van der Waals surface area (Å²) in [7, 11) is 1.61. The first-order chi connectivity index (χ1) is 7.13. The van der Waals surface area contributed by atoms with Crippen molar-refractivity contribution in [1.82, 2.24) is 0 Å². The molecule has 1 rings (SSSR count). The third-order valence-electron chi connectivity index (χ3n) is 2.01. The van der Waals surface area contributed by atoms with Crippen molar-refractivity contribution in [2.75, 3.05) is 19.5 Å². The molecular formula is C12H19NO2. The van der Waals surface area contributed by atoms with E-state index in [0.717, 1.165) is 12.2 Å². The summed E-state index contributed by atoms with van der Waals surface area (Å²) in [6.07, 6.45) is 0. The Labute approximate surface area is 91.2 Å². The van der Waals surface area contributed by atoms with E-state index in [-0.39, 0.29) is 0 Å². The highest BCUT2D eigenvalue weighted by Gasteiger charge is 2.01. The van der Waals surface area contributed by atoms with Crippen molar-refractivity contribution in [2.45, 2.75) is 20.5 Å². The number of hydrogen-bond donors (Lipinski definition) is 1. The average molecular weight is 209 g/mol. The molecule has 0 saturated carbocycles. The lowest BCUT2D eigenvalue weighted by atomic mass is 10.2. The van der Waals surface area contributed by atoms with E-state index in [1.165, 1.54) is 0 Å². The molecule has 0 saturated heterocycles. The fourth-order valence-corrected chi connectivity index (χ4v) is 1.29. The highest BCUT2D eigenvalue weighted by Crippen LogP contribution is 2.22. The van der Waals surface area contributed by atoms with Crippen LogP contribution in [-0.4, -0.2) is 13.7 Å². The summed E-state index contributed by atoms with van der Waals surface area (Å²) in [4.78, 5) is 0. The maximum atomic E-state index is 5.78. The van der Waals surface area contributed by atoms with E-state index in [0.29, 0.717) is 24.0 Å². The predicted octanol–water partition coefficient (Wildman–Crippen LogP) is 2.45. The summed E-state index contributed by atoms with van der Waals surface area (Å²) < 4.78 is 10.6. The van der Waals surface area contributed by atoms with Crippen molar-refractivity contribution in [2.24, 2.45) is 5.92 Å². The Morgan fingerprint density at radius 1 is 1.33 bits per heavy atom. The van der Waals surface area contributed by atoms with Crippen LogP contribution in [0.5, 0.6) is 5.75 Å². The van der Waals surface area contributed by atoms with Crippen molar-refractivity contribution in [3.8, 4) is 5.75 Å². The second kappa shape index (κ2) is 5.61. The van der Waals surface area contributed by atoms with Crippen LogP contribution in [0, 0.1) is 5.92 Å². The minimum Gasteiger partial charge on any atom is -0.495 e. The van der Waals surface area contributed by atoms with Crippen LogP contribution in [0.15, 0.2) is 18.2 Å². The molecule has 3 nitrogen and oxygen atoms in total. The van der Waals surface area contributed by atoms with Gasteiger partial charge < -0.3 is 15.2 Å². The van der Waals surface area contributed by atoms with Crippen molar-refractivity contribution in [3.63, 3.8) is 0 Å². The summed E-state index contributed by atoms with van der Waals surface area (Å²) in [5, 5.41) is 0. The second-order valence-electron chi connectivity index (χ2n) is 3.99. The fraction of sp³-hybridized carbons (Fsp3) is 0.500. The van der Waals surface area contributed by atoms with Crippen LogP contribution in [0.3, 0.4) is 0 Å². The summed E-state index contributed by atoms with van der Waals surface area (Å²) in [6.45, 7) is 5.63. The van der Waals surface area contributed by atoms with Crippen LogP contribution in [0.25, 0.3) is 0 Å². The standard InChI is InChI=1S/C12H19NO2/c1-9(2)7-15-8-10-4-5-12(14-3)11(13)6-10/h4-6,9H,7-8,13H2,1-3H3. The Morgan fingerprint density at radius 3 is 2.60 bits per heavy atom. The third kappa shape index (κ3) is 3.80. The van der Waals surface area contributed by atoms with Crippen LogP contribution >= 0.6 is 0 Å². The molecule has 0 amide bonds. The Morgan fingerprint density at radius 2 is 2.07 bits per heavy atom. The molecule has 1 aromatic carbocycles. The van der Waals surface area contributed by atoms with Gasteiger partial charge in [0.2, 0.25) is 0 Å². The molecule has 1 aromatic rings. The Balaban J connectivity index is 2.52. The molecule has 0 aliphatic carbocycles. The van der Waals surface area contributed by atoms with Gasteiger partial charge in [0.1, 0.15) is 5.75 Å². The number of methoxy groups -OCH3 is 1. The van der Waals surface area contributed by atoms with Crippen molar-refractivity contribution < 1.29 is 9.47 Å². The molecule has 0 heterocycles. The van der Waals surface area contributed by atoms with Crippen LogP contribution in [-0.2, 0) is 11.3 Å². The number of rotatable bonds is 5. The minimum absolute atomic E-state index is 0.556. The fourth-order valence-electron chi connectivity index (χ4n) is 1.29. The normalized spacial score (nSPS) is 10.7. The topological polar surface area (TPSA) is 44.5 Å². The largest absolute Gasteiger partial charge is 0.495 e. The summed E-state index contributed by atoms with van der Waals surface area (Å²) >= 11 is 0. The highest BCUT2D eigenvalue weighted by molar-refractivity contribution is 5.54. The lowest BCUT2D eigenvalue weighted by molar-refractivity contribution is 0.0971. The lowest BCUT2D eigenvalue weighted by Gasteiger charge is -2.09. The van der Waals surface area contributed by atoms with E-state index >= 15 is 0 Å². The zero-order valence-corrected chi connectivity index (χ0v) is 9.62. The number of hydrogen-bond acceptors (Lipinski definition) is 3. The van der Waals surface area contributed by atoms with Crippen molar-refractivity contribution in [3.05, 3.63) is 23.8 Å². The number of nitrogens with two attached hydrogens (primary N) is 1. The summed E-state index contributed by atoms with van der Waals surface area (Å²) in [5.74, 6) is 1.27. The van der Waals surface area contributed by atoms with Gasteiger partial charge in [-0.1, -0.05) is 19.9 Å². The molecule has 84 valence electrons. The van der Waals surface area contributed by atoms with Gasteiger partial charge in [0, 0.05) is 6.61 Å². The SMILES string of the molecule is COc1ccc(COCC(C)C)cc1N. The maximum absolute atomic E-state index is 5.78. The smallest absolute Gasteiger partial charge is 0.141 e. The lowest BCUT2D eigenvalue weighted by Crippen LogP contribution is -2.02. The predicted molar refractivity (Wildman–Crippen MR) is 61.9 cm³/mol. The Bertz CT molecular complexity index is 310. The van der Waals surface area contributed by atoms with Gasteiger partial charge in [-0.05, 0) is 23.6 Å². The van der Waals surface area contributed by atoms with Gasteiger partial charge in [0.05, 0.1) is 19.4 Å². The van der Waals surface area contributed by atoms with Gasteiger partial charge in [-0.2, -0.15) is 0 Å². The molecule has 0 fully saturated rings. The zero-order chi connectivity index (χ0) is 11.3. The van der Waals surface area contributed by atoms with Gasteiger partial charge in [0.15, 0.2) is 0 Å². The Hall–Kier alpha value is -1.22. The van der Waals surface area contributed by atoms with Crippen molar-refractivity contribution in [1.29, 1.82) is 0 Å². The first-order valence-corrected chi connectivity index (χ1v) is 5.13. The first kappa shape index (κ1) is 11.9. The summed E-state index contributed by atoms with van der Waals surface area (Å²) in [5.41, 5.74) is 7.52. The van der Waals surface area contributed by atoms with Gasteiger partial charge in [-0.25, -0.2) is 0 Å². The first-order valence-electron chi connectivity index (χ1n) is 5.13. The molecule has 0 bridgehead atoms. The molecule has 2 N–H and O–H groups in total. The monoisotopic (exact) mass is 209 g/mol. The molecule has 0 spiro atoms. The van der Waals surface area contributed by atoms with Gasteiger partial charge >= 0.3 is 0 Å². The quantitative estimate of drug-likeness (QED) is 0.757. The van der Waals surface area contributed by atoms with Crippen LogP contribution < -0.4 is 10.5 Å². The number of benzene rings is 1. The maximum Gasteiger partial charge on any atom is 0.141 e. The molecule has 0 unspecified atom stereocenters. The third-order valence-corrected chi connectivity index (χ3v) is 2.01. The molecule has 15 heavy (non-hydrogen) atoms. The van der Waals surface area contributed by atoms with E-state index in [1.54, 1.807) is 7.11 Å². The molecular weight excluding hydrogens is 190 g/mol. The van der Waals surface area contributed by atoms with Crippen LogP contribution in [0.4, 0.5) is 5.69 Å². The zero-order valence-electron chi connectivity index (χ0n) is 9.62. The van der Waals surface area contributed by atoms with E-state index in [4.69, 9.17) is 15.2 Å². The van der Waals surface area contributed by atoms with Gasteiger partial charge in [0.25, 0.3) is 0 Å². The molecule has 0 aliphatic rings. The minimum atomic E-state index is 0.556. The molecule has 0 aromatic heterocycles. The van der Waals surface area contributed by atoms with Gasteiger partial charge in [-0.15, -0.1) is 0 Å². The van der Waals surface area contributed by atoms with Crippen molar-refractivity contribution >= 4 is 5.69 Å². The van der Waals surface area contributed by atoms with E-state index in [9.17, 15) is 0 Å². The number of nitrogen functional groups attached to an aromatic ring is 1.